The number of aliphatic hydroxyl groups is 1. The zero-order valence-electron chi connectivity index (χ0n) is 19.9. The topological polar surface area (TPSA) is 119 Å². The molecule has 0 bridgehead atoms. The number of hydrogen-bond donors (Lipinski definition) is 4. The Morgan fingerprint density at radius 3 is 2.62 bits per heavy atom. The molecule has 5 atom stereocenters. The van der Waals surface area contributed by atoms with Crippen molar-refractivity contribution in [3.8, 4) is 0 Å². The molecule has 1 saturated carbocycles. The number of halogens is 4. The lowest BCUT2D eigenvalue weighted by molar-refractivity contribution is -0.145. The summed E-state index contributed by atoms with van der Waals surface area (Å²) in [7, 11) is 0. The standard InChI is InChI=1S/C25H29F4N3O5/c26-16-8-15(25(27,28)29)9-17(10-16)30-19-7-5-3-1-2-4-6-14-12-24(14,23(36)37)31-21(34)20-11-18(33)13-32(20)22(19)35/h4,6,8-10,14,18-20,30,33H,1-3,5,7,11-13H2,(H,31,34)(H,36,37)/t14-,18-,19+,20+,24-/m1/s1. The first kappa shape index (κ1) is 26.9. The van der Waals surface area contributed by atoms with Crippen molar-refractivity contribution in [3.63, 3.8) is 0 Å². The molecule has 2 fully saturated rings. The van der Waals surface area contributed by atoms with Crippen molar-refractivity contribution in [2.24, 2.45) is 5.92 Å². The number of anilines is 1. The van der Waals surface area contributed by atoms with Gasteiger partial charge in [0, 0.05) is 24.6 Å². The number of allylic oxidation sites excluding steroid dienone is 1. The fraction of sp³-hybridized carbons (Fsp3) is 0.560. The lowest BCUT2D eigenvalue weighted by Gasteiger charge is -2.30. The summed E-state index contributed by atoms with van der Waals surface area (Å²) in [5, 5.41) is 25.3. The molecule has 2 heterocycles. The number of aliphatic hydroxyl groups excluding tert-OH is 1. The van der Waals surface area contributed by atoms with Gasteiger partial charge in [0.15, 0.2) is 0 Å². The number of alkyl halides is 3. The van der Waals surface area contributed by atoms with E-state index in [-0.39, 0.29) is 37.4 Å². The Bertz CT molecular complexity index is 1090. The van der Waals surface area contributed by atoms with Crippen LogP contribution >= 0.6 is 0 Å². The average Bonchev–Trinajstić information content (AvgIpc) is 3.36. The molecule has 1 saturated heterocycles. The number of carboxylic acids is 1. The van der Waals surface area contributed by atoms with Crippen molar-refractivity contribution in [2.75, 3.05) is 11.9 Å². The number of nitrogens with one attached hydrogen (secondary N) is 2. The van der Waals surface area contributed by atoms with Crippen LogP contribution in [0.5, 0.6) is 0 Å². The minimum absolute atomic E-state index is 0.112. The number of carbonyl (C=O) groups is 3. The van der Waals surface area contributed by atoms with E-state index in [2.05, 4.69) is 10.6 Å². The molecule has 2 amide bonds. The largest absolute Gasteiger partial charge is 0.479 e. The van der Waals surface area contributed by atoms with E-state index in [4.69, 9.17) is 0 Å². The quantitative estimate of drug-likeness (QED) is 0.355. The molecular formula is C25H29F4N3O5. The minimum Gasteiger partial charge on any atom is -0.479 e. The van der Waals surface area contributed by atoms with E-state index < -0.39 is 59.1 Å². The zero-order valence-corrected chi connectivity index (χ0v) is 19.9. The molecule has 2 aliphatic heterocycles. The first-order chi connectivity index (χ1) is 17.4. The van der Waals surface area contributed by atoms with E-state index in [0.29, 0.717) is 31.4 Å². The molecule has 1 aromatic rings. The van der Waals surface area contributed by atoms with Crippen molar-refractivity contribution in [1.29, 1.82) is 0 Å². The van der Waals surface area contributed by atoms with E-state index in [1.54, 1.807) is 6.08 Å². The molecule has 4 N–H and O–H groups in total. The van der Waals surface area contributed by atoms with E-state index in [9.17, 15) is 42.2 Å². The van der Waals surface area contributed by atoms with Crippen LogP contribution in [0.3, 0.4) is 0 Å². The first-order valence-corrected chi connectivity index (χ1v) is 12.3. The van der Waals surface area contributed by atoms with Crippen LogP contribution in [0, 0.1) is 11.7 Å². The fourth-order valence-corrected chi connectivity index (χ4v) is 5.12. The lowest BCUT2D eigenvalue weighted by Crippen LogP contribution is -2.55. The third-order valence-electron chi connectivity index (χ3n) is 7.20. The Hall–Kier alpha value is -3.15. The summed E-state index contributed by atoms with van der Waals surface area (Å²) in [5.41, 5.74) is -2.93. The summed E-state index contributed by atoms with van der Waals surface area (Å²) in [6, 6.07) is -0.320. The number of carboxylic acid groups (broad SMARTS) is 1. The highest BCUT2D eigenvalue weighted by Crippen LogP contribution is 2.45. The third kappa shape index (κ3) is 5.89. The van der Waals surface area contributed by atoms with E-state index in [0.717, 1.165) is 17.4 Å². The molecule has 0 spiro atoms. The number of hydrogen-bond acceptors (Lipinski definition) is 5. The van der Waals surface area contributed by atoms with E-state index >= 15 is 0 Å². The van der Waals surface area contributed by atoms with Crippen LogP contribution in [-0.2, 0) is 20.6 Å². The Morgan fingerprint density at radius 2 is 1.92 bits per heavy atom. The van der Waals surface area contributed by atoms with E-state index in [1.165, 1.54) is 0 Å². The SMILES string of the molecule is O=C1N[C@]2(C(=O)O)C[C@H]2C=CCCCCC[C@H](Nc2cc(F)cc(C(F)(F)F)c2)C(=O)N2C[C@H](O)C[C@@H]12. The van der Waals surface area contributed by atoms with Crippen molar-refractivity contribution in [3.05, 3.63) is 41.7 Å². The minimum atomic E-state index is -4.79. The van der Waals surface area contributed by atoms with Crippen molar-refractivity contribution in [2.45, 2.75) is 74.8 Å². The van der Waals surface area contributed by atoms with Crippen LogP contribution in [0.15, 0.2) is 30.4 Å². The first-order valence-electron chi connectivity index (χ1n) is 12.3. The highest BCUT2D eigenvalue weighted by atomic mass is 19.4. The zero-order chi connectivity index (χ0) is 27.0. The van der Waals surface area contributed by atoms with Gasteiger partial charge in [-0.25, -0.2) is 9.18 Å². The summed E-state index contributed by atoms with van der Waals surface area (Å²) in [4.78, 5) is 39.8. The van der Waals surface area contributed by atoms with Gasteiger partial charge in [0.25, 0.3) is 0 Å². The van der Waals surface area contributed by atoms with Crippen LogP contribution < -0.4 is 10.6 Å². The second-order valence-corrected chi connectivity index (χ2v) is 9.96. The van der Waals surface area contributed by atoms with Gasteiger partial charge in [0.05, 0.1) is 11.7 Å². The summed E-state index contributed by atoms with van der Waals surface area (Å²) >= 11 is 0. The molecule has 0 aromatic heterocycles. The maximum absolute atomic E-state index is 14.0. The lowest BCUT2D eigenvalue weighted by atomic mass is 10.0. The summed E-state index contributed by atoms with van der Waals surface area (Å²) in [5.74, 6) is -4.07. The molecule has 0 radical (unpaired) electrons. The van der Waals surface area contributed by atoms with Gasteiger partial charge < -0.3 is 25.7 Å². The molecule has 8 nitrogen and oxygen atoms in total. The van der Waals surface area contributed by atoms with Gasteiger partial charge >= 0.3 is 12.1 Å². The van der Waals surface area contributed by atoms with Gasteiger partial charge in [-0.1, -0.05) is 25.0 Å². The van der Waals surface area contributed by atoms with Crippen LogP contribution in [0.4, 0.5) is 23.2 Å². The van der Waals surface area contributed by atoms with E-state index in [1.807, 2.05) is 6.08 Å². The van der Waals surface area contributed by atoms with Crippen molar-refractivity contribution in [1.82, 2.24) is 10.2 Å². The monoisotopic (exact) mass is 527 g/mol. The summed E-state index contributed by atoms with van der Waals surface area (Å²) < 4.78 is 53.6. The Labute approximate surface area is 210 Å². The summed E-state index contributed by atoms with van der Waals surface area (Å²) in [6.45, 7) is -0.199. The number of aliphatic carboxylic acids is 1. The van der Waals surface area contributed by atoms with Gasteiger partial charge in [-0.05, 0) is 43.9 Å². The van der Waals surface area contributed by atoms with Crippen molar-refractivity contribution >= 4 is 23.5 Å². The van der Waals surface area contributed by atoms with Crippen LogP contribution in [0.2, 0.25) is 0 Å². The van der Waals surface area contributed by atoms with Gasteiger partial charge in [0.1, 0.15) is 23.4 Å². The highest BCUT2D eigenvalue weighted by Gasteiger charge is 2.61. The predicted octanol–water partition coefficient (Wildman–Crippen LogP) is 3.07. The fourth-order valence-electron chi connectivity index (χ4n) is 5.12. The summed E-state index contributed by atoms with van der Waals surface area (Å²) in [6.07, 6.45) is 0.694. The molecule has 4 rings (SSSR count). The van der Waals surface area contributed by atoms with Gasteiger partial charge in [0.2, 0.25) is 11.8 Å². The molecular weight excluding hydrogens is 498 g/mol. The molecule has 3 aliphatic rings. The number of rotatable bonds is 3. The second kappa shape index (κ2) is 10.3. The number of fused-ring (bicyclic) bond motifs is 2. The van der Waals surface area contributed by atoms with Crippen LogP contribution in [-0.4, -0.2) is 63.2 Å². The maximum atomic E-state index is 14.0. The van der Waals surface area contributed by atoms with Crippen LogP contribution in [0.25, 0.3) is 0 Å². The highest BCUT2D eigenvalue weighted by molar-refractivity contribution is 5.96. The molecule has 202 valence electrons. The van der Waals surface area contributed by atoms with Gasteiger partial charge in [-0.3, -0.25) is 9.59 Å². The van der Waals surface area contributed by atoms with Gasteiger partial charge in [-0.15, -0.1) is 0 Å². The predicted molar refractivity (Wildman–Crippen MR) is 124 cm³/mol. The number of amides is 2. The third-order valence-corrected chi connectivity index (χ3v) is 7.20. The number of benzene rings is 1. The normalized spacial score (nSPS) is 31.0. The van der Waals surface area contributed by atoms with Crippen LogP contribution in [0.1, 0.15) is 50.5 Å². The maximum Gasteiger partial charge on any atom is 0.416 e. The Balaban J connectivity index is 1.62. The molecule has 0 unspecified atom stereocenters. The average molecular weight is 528 g/mol. The molecule has 12 heteroatoms. The Morgan fingerprint density at radius 1 is 1.16 bits per heavy atom. The van der Waals surface area contributed by atoms with Gasteiger partial charge in [-0.2, -0.15) is 13.2 Å². The number of carbonyl (C=O) groups excluding carboxylic acids is 2. The second-order valence-electron chi connectivity index (χ2n) is 9.96. The molecule has 1 aliphatic carbocycles. The van der Waals surface area contributed by atoms with Crippen molar-refractivity contribution < 1.29 is 42.2 Å². The molecule has 1 aromatic carbocycles. The molecule has 37 heavy (non-hydrogen) atoms. The Kier molecular flexibility index (Phi) is 7.50. The number of nitrogens with zero attached hydrogens (tertiary/aromatic N) is 1. The smallest absolute Gasteiger partial charge is 0.416 e.